The van der Waals surface area contributed by atoms with Gasteiger partial charge in [0.25, 0.3) is 10.0 Å². The Hall–Kier alpha value is -2.34. The molecule has 0 aromatic heterocycles. The first kappa shape index (κ1) is 19.4. The van der Waals surface area contributed by atoms with Crippen LogP contribution in [0.3, 0.4) is 0 Å². The molecular weight excluding hydrogens is 360 g/mol. The van der Waals surface area contributed by atoms with Crippen molar-refractivity contribution in [1.29, 1.82) is 0 Å². The van der Waals surface area contributed by atoms with Crippen molar-refractivity contribution in [1.82, 2.24) is 0 Å². The van der Waals surface area contributed by atoms with Crippen molar-refractivity contribution in [2.24, 2.45) is 0 Å². The van der Waals surface area contributed by atoms with Crippen LogP contribution < -0.4 is 9.62 Å². The van der Waals surface area contributed by atoms with E-state index in [-0.39, 0.29) is 16.2 Å². The van der Waals surface area contributed by atoms with Crippen LogP contribution in [0, 0.1) is 0 Å². The van der Waals surface area contributed by atoms with Crippen molar-refractivity contribution in [2.45, 2.75) is 50.3 Å². The molecule has 6 heteroatoms. The van der Waals surface area contributed by atoms with E-state index in [1.807, 2.05) is 18.2 Å². The minimum absolute atomic E-state index is 0.0367. The van der Waals surface area contributed by atoms with Crippen LogP contribution in [-0.4, -0.2) is 20.9 Å². The molecule has 1 amide bonds. The standard InChI is InChI=1S/C21H26N2O3S/c1-21(2,3)16-10-12-19(13-11-16)27(25,26)22-17-7-6-8-18(15-17)23-14-5-4-9-20(23)24/h6-8,10-13,15,22H,4-5,9,14H2,1-3H3. The number of anilines is 2. The summed E-state index contributed by atoms with van der Waals surface area (Å²) in [6.07, 6.45) is 2.41. The molecular formula is C21H26N2O3S. The van der Waals surface area contributed by atoms with Gasteiger partial charge in [-0.15, -0.1) is 0 Å². The predicted octanol–water partition coefficient (Wildman–Crippen LogP) is 4.30. The summed E-state index contributed by atoms with van der Waals surface area (Å²) in [7, 11) is -3.69. The van der Waals surface area contributed by atoms with Crippen molar-refractivity contribution in [3.8, 4) is 0 Å². The van der Waals surface area contributed by atoms with Gasteiger partial charge < -0.3 is 4.90 Å². The van der Waals surface area contributed by atoms with Gasteiger partial charge in [-0.3, -0.25) is 9.52 Å². The normalized spacial score (nSPS) is 15.7. The molecule has 1 heterocycles. The van der Waals surface area contributed by atoms with Gasteiger partial charge in [0, 0.05) is 18.7 Å². The Bertz CT molecular complexity index is 929. The zero-order valence-electron chi connectivity index (χ0n) is 16.0. The quantitative estimate of drug-likeness (QED) is 0.852. The molecule has 1 aliphatic heterocycles. The van der Waals surface area contributed by atoms with E-state index in [1.165, 1.54) is 0 Å². The molecule has 0 radical (unpaired) electrons. The predicted molar refractivity (Wildman–Crippen MR) is 109 cm³/mol. The maximum absolute atomic E-state index is 12.7. The zero-order valence-corrected chi connectivity index (χ0v) is 16.8. The summed E-state index contributed by atoms with van der Waals surface area (Å²) in [5.41, 5.74) is 2.21. The first-order valence-electron chi connectivity index (χ1n) is 9.21. The number of hydrogen-bond acceptors (Lipinski definition) is 3. The Morgan fingerprint density at radius 3 is 2.33 bits per heavy atom. The third-order valence-electron chi connectivity index (χ3n) is 4.76. The molecule has 3 rings (SSSR count). The van der Waals surface area contributed by atoms with Crippen LogP contribution in [0.5, 0.6) is 0 Å². The minimum Gasteiger partial charge on any atom is -0.312 e. The van der Waals surface area contributed by atoms with Crippen molar-refractivity contribution < 1.29 is 13.2 Å². The maximum atomic E-state index is 12.7. The molecule has 144 valence electrons. The number of sulfonamides is 1. The third kappa shape index (κ3) is 4.50. The van der Waals surface area contributed by atoms with E-state index in [0.29, 0.717) is 18.7 Å². The highest BCUT2D eigenvalue weighted by Crippen LogP contribution is 2.27. The van der Waals surface area contributed by atoms with Crippen LogP contribution in [0.2, 0.25) is 0 Å². The summed E-state index contributed by atoms with van der Waals surface area (Å²) in [6, 6.07) is 13.9. The molecule has 0 unspecified atom stereocenters. The lowest BCUT2D eigenvalue weighted by molar-refractivity contribution is -0.119. The number of benzene rings is 2. The van der Waals surface area contributed by atoms with Gasteiger partial charge in [0.05, 0.1) is 10.6 Å². The zero-order chi connectivity index (χ0) is 19.7. The van der Waals surface area contributed by atoms with E-state index < -0.39 is 10.0 Å². The Balaban J connectivity index is 1.82. The summed E-state index contributed by atoms with van der Waals surface area (Å²) in [4.78, 5) is 14.1. The van der Waals surface area contributed by atoms with Crippen molar-refractivity contribution >= 4 is 27.3 Å². The fourth-order valence-electron chi connectivity index (χ4n) is 3.16. The smallest absolute Gasteiger partial charge is 0.261 e. The molecule has 0 saturated carbocycles. The highest BCUT2D eigenvalue weighted by molar-refractivity contribution is 7.92. The molecule has 5 nitrogen and oxygen atoms in total. The second kappa shape index (κ2) is 7.35. The Morgan fingerprint density at radius 1 is 1.00 bits per heavy atom. The van der Waals surface area contributed by atoms with Crippen molar-refractivity contribution in [3.63, 3.8) is 0 Å². The van der Waals surface area contributed by atoms with Crippen LogP contribution in [0.25, 0.3) is 0 Å². The SMILES string of the molecule is CC(C)(C)c1ccc(S(=O)(=O)Nc2cccc(N3CCCCC3=O)c2)cc1. The lowest BCUT2D eigenvalue weighted by atomic mass is 9.87. The van der Waals surface area contributed by atoms with Gasteiger partial charge in [-0.1, -0.05) is 39.0 Å². The van der Waals surface area contributed by atoms with Crippen LogP contribution >= 0.6 is 0 Å². The topological polar surface area (TPSA) is 66.5 Å². The molecule has 0 aliphatic carbocycles. The molecule has 27 heavy (non-hydrogen) atoms. The fourth-order valence-corrected chi connectivity index (χ4v) is 4.21. The molecule has 1 fully saturated rings. The van der Waals surface area contributed by atoms with Gasteiger partial charge in [0.1, 0.15) is 0 Å². The third-order valence-corrected chi connectivity index (χ3v) is 6.16. The summed E-state index contributed by atoms with van der Waals surface area (Å²) in [5, 5.41) is 0. The minimum atomic E-state index is -3.69. The summed E-state index contributed by atoms with van der Waals surface area (Å²) in [5.74, 6) is 0.0824. The second-order valence-corrected chi connectivity index (χ2v) is 9.62. The number of amides is 1. The number of carbonyl (C=O) groups is 1. The largest absolute Gasteiger partial charge is 0.312 e. The molecule has 0 atom stereocenters. The van der Waals surface area contributed by atoms with Gasteiger partial charge >= 0.3 is 0 Å². The van der Waals surface area contributed by atoms with E-state index in [1.54, 1.807) is 35.2 Å². The van der Waals surface area contributed by atoms with Crippen LogP contribution in [0.15, 0.2) is 53.4 Å². The number of piperidine rings is 1. The van der Waals surface area contributed by atoms with Gasteiger partial charge in [-0.05, 0) is 54.2 Å². The number of nitrogens with one attached hydrogen (secondary N) is 1. The van der Waals surface area contributed by atoms with Crippen LogP contribution in [0.4, 0.5) is 11.4 Å². The molecule has 2 aromatic carbocycles. The molecule has 0 bridgehead atoms. The summed E-state index contributed by atoms with van der Waals surface area (Å²) < 4.78 is 28.1. The Labute approximate surface area is 161 Å². The second-order valence-electron chi connectivity index (χ2n) is 7.93. The van der Waals surface area contributed by atoms with Gasteiger partial charge in [-0.25, -0.2) is 8.42 Å². The molecule has 0 spiro atoms. The number of rotatable bonds is 4. The first-order chi connectivity index (χ1) is 12.7. The van der Waals surface area contributed by atoms with E-state index in [4.69, 9.17) is 0 Å². The lowest BCUT2D eigenvalue weighted by Gasteiger charge is -2.27. The number of nitrogens with zero attached hydrogens (tertiary/aromatic N) is 1. The lowest BCUT2D eigenvalue weighted by Crippen LogP contribution is -2.35. The summed E-state index contributed by atoms with van der Waals surface area (Å²) >= 11 is 0. The maximum Gasteiger partial charge on any atom is 0.261 e. The average Bonchev–Trinajstić information content (AvgIpc) is 2.61. The number of carbonyl (C=O) groups excluding carboxylic acids is 1. The average molecular weight is 387 g/mol. The Morgan fingerprint density at radius 2 is 1.70 bits per heavy atom. The van der Waals surface area contributed by atoms with Crippen LogP contribution in [-0.2, 0) is 20.2 Å². The van der Waals surface area contributed by atoms with E-state index >= 15 is 0 Å². The van der Waals surface area contributed by atoms with Gasteiger partial charge in [-0.2, -0.15) is 0 Å². The summed E-state index contributed by atoms with van der Waals surface area (Å²) in [6.45, 7) is 6.93. The molecule has 1 saturated heterocycles. The monoisotopic (exact) mass is 386 g/mol. The number of hydrogen-bond donors (Lipinski definition) is 1. The van der Waals surface area contributed by atoms with Crippen LogP contribution in [0.1, 0.15) is 45.6 Å². The van der Waals surface area contributed by atoms with Crippen molar-refractivity contribution in [3.05, 3.63) is 54.1 Å². The van der Waals surface area contributed by atoms with E-state index in [0.717, 1.165) is 24.1 Å². The first-order valence-corrected chi connectivity index (χ1v) is 10.7. The van der Waals surface area contributed by atoms with Gasteiger partial charge in [0.2, 0.25) is 5.91 Å². The Kier molecular flexibility index (Phi) is 5.29. The molecule has 2 aromatic rings. The highest BCUT2D eigenvalue weighted by atomic mass is 32.2. The highest BCUT2D eigenvalue weighted by Gasteiger charge is 2.21. The molecule has 1 aliphatic rings. The van der Waals surface area contributed by atoms with Gasteiger partial charge in [0.15, 0.2) is 0 Å². The molecule has 1 N–H and O–H groups in total. The van der Waals surface area contributed by atoms with E-state index in [9.17, 15) is 13.2 Å². The van der Waals surface area contributed by atoms with Crippen molar-refractivity contribution in [2.75, 3.05) is 16.2 Å². The van der Waals surface area contributed by atoms with E-state index in [2.05, 4.69) is 25.5 Å². The fraction of sp³-hybridized carbons (Fsp3) is 0.381.